The molecule has 106 valence electrons. The van der Waals surface area contributed by atoms with Gasteiger partial charge in [-0.05, 0) is 31.9 Å². The molecule has 0 bridgehead atoms. The molecule has 1 aromatic carbocycles. The molecule has 4 heteroatoms. The molecule has 2 N–H and O–H groups in total. The molecule has 0 saturated carbocycles. The maximum atomic E-state index is 12.2. The van der Waals surface area contributed by atoms with Gasteiger partial charge in [0.05, 0.1) is 12.6 Å². The van der Waals surface area contributed by atoms with Crippen LogP contribution in [0.2, 0.25) is 0 Å². The van der Waals surface area contributed by atoms with Gasteiger partial charge in [-0.15, -0.1) is 0 Å². The molecule has 0 aliphatic carbocycles. The summed E-state index contributed by atoms with van der Waals surface area (Å²) in [7, 11) is 3.32. The molecule has 1 aromatic rings. The van der Waals surface area contributed by atoms with Crippen LogP contribution in [0, 0.1) is 13.8 Å². The average Bonchev–Trinajstić information content (AvgIpc) is 2.39. The Morgan fingerprint density at radius 1 is 1.42 bits per heavy atom. The lowest BCUT2D eigenvalue weighted by atomic mass is 9.99. The summed E-state index contributed by atoms with van der Waals surface area (Å²) in [6.07, 6.45) is 0. The predicted molar refractivity (Wildman–Crippen MR) is 77.0 cm³/mol. The fraction of sp³-hybridized carbons (Fsp3) is 0.533. The van der Waals surface area contributed by atoms with Gasteiger partial charge in [0.25, 0.3) is 0 Å². The first-order valence-electron chi connectivity index (χ1n) is 6.46. The Balaban J connectivity index is 2.90. The predicted octanol–water partition coefficient (Wildman–Crippen LogP) is 1.80. The van der Waals surface area contributed by atoms with Crippen LogP contribution in [0.15, 0.2) is 18.2 Å². The van der Waals surface area contributed by atoms with E-state index in [-0.39, 0.29) is 18.6 Å². The van der Waals surface area contributed by atoms with Crippen molar-refractivity contribution in [2.24, 2.45) is 5.73 Å². The van der Waals surface area contributed by atoms with E-state index in [1.54, 1.807) is 19.1 Å². The highest BCUT2D eigenvalue weighted by molar-refractivity contribution is 5.82. The van der Waals surface area contributed by atoms with E-state index < -0.39 is 6.04 Å². The molecule has 19 heavy (non-hydrogen) atoms. The van der Waals surface area contributed by atoms with Gasteiger partial charge in [-0.3, -0.25) is 4.79 Å². The van der Waals surface area contributed by atoms with Gasteiger partial charge in [0, 0.05) is 14.2 Å². The summed E-state index contributed by atoms with van der Waals surface area (Å²) in [6, 6.07) is 5.65. The van der Waals surface area contributed by atoms with Crippen LogP contribution < -0.4 is 5.73 Å². The molecule has 1 rings (SSSR count). The molecule has 0 saturated heterocycles. The minimum atomic E-state index is -0.609. The zero-order valence-electron chi connectivity index (χ0n) is 12.4. The van der Waals surface area contributed by atoms with Crippen molar-refractivity contribution in [3.63, 3.8) is 0 Å². The fourth-order valence-corrected chi connectivity index (χ4v) is 2.12. The van der Waals surface area contributed by atoms with Gasteiger partial charge in [-0.1, -0.05) is 23.8 Å². The number of nitrogens with zero attached hydrogens (tertiary/aromatic N) is 1. The molecule has 1 amide bonds. The molecule has 0 radical (unpaired) electrons. The van der Waals surface area contributed by atoms with E-state index in [2.05, 4.69) is 25.1 Å². The molecule has 2 atom stereocenters. The zero-order chi connectivity index (χ0) is 14.6. The van der Waals surface area contributed by atoms with E-state index in [0.29, 0.717) is 0 Å². The third-order valence-corrected chi connectivity index (χ3v) is 3.48. The van der Waals surface area contributed by atoms with Gasteiger partial charge < -0.3 is 15.4 Å². The SMILES string of the molecule is COCC(N)C(=O)N(C)C(C)c1cc(C)ccc1C. The lowest BCUT2D eigenvalue weighted by Crippen LogP contribution is -2.45. The van der Waals surface area contributed by atoms with Crippen LogP contribution in [0.25, 0.3) is 0 Å². The van der Waals surface area contributed by atoms with Crippen LogP contribution in [-0.2, 0) is 9.53 Å². The monoisotopic (exact) mass is 264 g/mol. The summed E-state index contributed by atoms with van der Waals surface area (Å²) in [5, 5.41) is 0. The summed E-state index contributed by atoms with van der Waals surface area (Å²) in [5.41, 5.74) is 9.32. The number of nitrogens with two attached hydrogens (primary N) is 1. The van der Waals surface area contributed by atoms with Crippen molar-refractivity contribution in [3.05, 3.63) is 34.9 Å². The molecular weight excluding hydrogens is 240 g/mol. The Labute approximate surface area is 115 Å². The van der Waals surface area contributed by atoms with Crippen LogP contribution in [0.5, 0.6) is 0 Å². The smallest absolute Gasteiger partial charge is 0.242 e. The number of benzene rings is 1. The van der Waals surface area contributed by atoms with Crippen molar-refractivity contribution in [3.8, 4) is 0 Å². The third kappa shape index (κ3) is 3.78. The number of hydrogen-bond acceptors (Lipinski definition) is 3. The Bertz CT molecular complexity index is 446. The maximum Gasteiger partial charge on any atom is 0.242 e. The van der Waals surface area contributed by atoms with Gasteiger partial charge >= 0.3 is 0 Å². The van der Waals surface area contributed by atoms with Crippen molar-refractivity contribution in [1.29, 1.82) is 0 Å². The first-order chi connectivity index (χ1) is 8.88. The summed E-state index contributed by atoms with van der Waals surface area (Å²) < 4.78 is 4.93. The molecular formula is C15H24N2O2. The first kappa shape index (κ1) is 15.7. The average molecular weight is 264 g/mol. The second kappa shape index (κ2) is 6.68. The highest BCUT2D eigenvalue weighted by atomic mass is 16.5. The van der Waals surface area contributed by atoms with E-state index in [9.17, 15) is 4.79 Å². The number of amides is 1. The van der Waals surface area contributed by atoms with Crippen LogP contribution in [0.1, 0.15) is 29.7 Å². The van der Waals surface area contributed by atoms with E-state index in [1.807, 2.05) is 13.8 Å². The van der Waals surface area contributed by atoms with Crippen LogP contribution in [0.4, 0.5) is 0 Å². The van der Waals surface area contributed by atoms with Gasteiger partial charge in [0.15, 0.2) is 0 Å². The molecule has 4 nitrogen and oxygen atoms in total. The Morgan fingerprint density at radius 3 is 2.63 bits per heavy atom. The lowest BCUT2D eigenvalue weighted by Gasteiger charge is -2.29. The van der Waals surface area contributed by atoms with Gasteiger partial charge in [-0.2, -0.15) is 0 Å². The zero-order valence-corrected chi connectivity index (χ0v) is 12.4. The summed E-state index contributed by atoms with van der Waals surface area (Å²) in [4.78, 5) is 13.9. The van der Waals surface area contributed by atoms with E-state index in [4.69, 9.17) is 10.5 Å². The van der Waals surface area contributed by atoms with Crippen LogP contribution >= 0.6 is 0 Å². The van der Waals surface area contributed by atoms with Crippen molar-refractivity contribution in [2.75, 3.05) is 20.8 Å². The fourth-order valence-electron chi connectivity index (χ4n) is 2.12. The maximum absolute atomic E-state index is 12.2. The summed E-state index contributed by atoms with van der Waals surface area (Å²) >= 11 is 0. The number of methoxy groups -OCH3 is 1. The Morgan fingerprint density at radius 2 is 2.05 bits per heavy atom. The number of ether oxygens (including phenoxy) is 1. The third-order valence-electron chi connectivity index (χ3n) is 3.48. The van der Waals surface area contributed by atoms with E-state index in [1.165, 1.54) is 11.1 Å². The number of carbonyl (C=O) groups is 1. The minimum absolute atomic E-state index is 0.00435. The lowest BCUT2D eigenvalue weighted by molar-refractivity contribution is -0.134. The number of aryl methyl sites for hydroxylation is 2. The summed E-state index contributed by atoms with van der Waals surface area (Å²) in [5.74, 6) is -0.102. The molecule has 0 aromatic heterocycles. The van der Waals surface area contributed by atoms with Gasteiger partial charge in [0.1, 0.15) is 6.04 Å². The number of carbonyl (C=O) groups excluding carboxylic acids is 1. The number of hydrogen-bond donors (Lipinski definition) is 1. The van der Waals surface area contributed by atoms with Crippen molar-refractivity contribution in [2.45, 2.75) is 32.9 Å². The van der Waals surface area contributed by atoms with E-state index >= 15 is 0 Å². The largest absolute Gasteiger partial charge is 0.383 e. The summed E-state index contributed by atoms with van der Waals surface area (Å²) in [6.45, 7) is 6.36. The van der Waals surface area contributed by atoms with Crippen molar-refractivity contribution >= 4 is 5.91 Å². The second-order valence-corrected chi connectivity index (χ2v) is 5.05. The number of likely N-dealkylation sites (N-methyl/N-ethyl adjacent to an activating group) is 1. The Hall–Kier alpha value is -1.39. The highest BCUT2D eigenvalue weighted by Gasteiger charge is 2.23. The molecule has 0 fully saturated rings. The van der Waals surface area contributed by atoms with Crippen LogP contribution in [0.3, 0.4) is 0 Å². The van der Waals surface area contributed by atoms with Crippen LogP contribution in [-0.4, -0.2) is 37.6 Å². The standard InChI is InChI=1S/C15H24N2O2/c1-10-6-7-11(2)13(8-10)12(3)17(4)15(18)14(16)9-19-5/h6-8,12,14H,9,16H2,1-5H3. The molecule has 0 aliphatic heterocycles. The first-order valence-corrected chi connectivity index (χ1v) is 6.46. The minimum Gasteiger partial charge on any atom is -0.383 e. The molecule has 0 aliphatic rings. The topological polar surface area (TPSA) is 55.6 Å². The van der Waals surface area contributed by atoms with E-state index in [0.717, 1.165) is 5.56 Å². The van der Waals surface area contributed by atoms with Gasteiger partial charge in [0.2, 0.25) is 5.91 Å². The highest BCUT2D eigenvalue weighted by Crippen LogP contribution is 2.23. The normalized spacial score (nSPS) is 14.0. The molecule has 0 heterocycles. The second-order valence-electron chi connectivity index (χ2n) is 5.05. The van der Waals surface area contributed by atoms with Gasteiger partial charge in [-0.25, -0.2) is 0 Å². The van der Waals surface area contributed by atoms with Crippen molar-refractivity contribution < 1.29 is 9.53 Å². The quantitative estimate of drug-likeness (QED) is 0.882. The van der Waals surface area contributed by atoms with Crippen molar-refractivity contribution in [1.82, 2.24) is 4.90 Å². The molecule has 0 spiro atoms. The number of rotatable bonds is 5. The Kier molecular flexibility index (Phi) is 5.51. The molecule has 2 unspecified atom stereocenters.